The molecule has 0 aliphatic rings. The molecule has 0 aromatic heterocycles. The lowest BCUT2D eigenvalue weighted by molar-refractivity contribution is -0.143. The van der Waals surface area contributed by atoms with Crippen molar-refractivity contribution in [3.05, 3.63) is 77.9 Å². The van der Waals surface area contributed by atoms with Crippen LogP contribution in [0.2, 0.25) is 0 Å². The number of carbonyl (C=O) groups excluding carboxylic acids is 4. The molecule has 0 heterocycles. The number of hydrogen-bond donors (Lipinski definition) is 3. The second kappa shape index (κ2) is 15.5. The van der Waals surface area contributed by atoms with Crippen LogP contribution in [0.5, 0.6) is 0 Å². The third kappa shape index (κ3) is 10.6. The van der Waals surface area contributed by atoms with E-state index in [1.165, 1.54) is 4.90 Å². The normalized spacial score (nSPS) is 12.5. The number of primary amides is 1. The van der Waals surface area contributed by atoms with E-state index >= 15 is 0 Å². The van der Waals surface area contributed by atoms with Gasteiger partial charge in [0.2, 0.25) is 17.7 Å². The number of nitrogens with zero attached hydrogens (tertiary/aromatic N) is 1. The summed E-state index contributed by atoms with van der Waals surface area (Å²) < 4.78 is 5.37. The fourth-order valence-corrected chi connectivity index (χ4v) is 4.10. The highest BCUT2D eigenvalue weighted by Gasteiger charge is 2.36. The number of alkyl carbamates (subject to hydrolysis) is 1. The molecule has 2 aromatic carbocycles. The Morgan fingerprint density at radius 2 is 1.77 bits per heavy atom. The Morgan fingerprint density at radius 1 is 1.07 bits per heavy atom. The number of benzene rings is 2. The van der Waals surface area contributed by atoms with Gasteiger partial charge < -0.3 is 26.0 Å². The first-order valence-electron chi connectivity index (χ1n) is 13.6. The quantitative estimate of drug-likeness (QED) is 0.319. The van der Waals surface area contributed by atoms with Crippen molar-refractivity contribution in [3.8, 4) is 0 Å². The molecule has 0 spiro atoms. The second-order valence-electron chi connectivity index (χ2n) is 10.6. The van der Waals surface area contributed by atoms with Crippen molar-refractivity contribution in [1.29, 1.82) is 0 Å². The van der Waals surface area contributed by atoms with E-state index in [0.29, 0.717) is 12.0 Å². The lowest BCUT2D eigenvalue weighted by atomic mass is 9.99. The summed E-state index contributed by atoms with van der Waals surface area (Å²) in [6, 6.07) is 14.6. The topological polar surface area (TPSA) is 131 Å². The molecule has 0 radical (unpaired) electrons. The second-order valence-corrected chi connectivity index (χ2v) is 10.6. The molecular formula is C31H42N4O5. The standard InChI is InChI=1S/C31H42N4O5/c1-6-8-19-35(29(38)25(17-18-26(32)36)34-30(39)40-31(3,4)5)27(24-16-12-15-22(7-2)20-24)28(37)33-21-23-13-10-9-11-14-23/h7,9-16,20,25,27H,2,6,8,17-19,21H2,1,3-5H3,(H2,32,36)(H,33,37)(H,34,39). The average molecular weight is 551 g/mol. The van der Waals surface area contributed by atoms with Gasteiger partial charge in [0.25, 0.3) is 0 Å². The molecule has 2 atom stereocenters. The number of amides is 4. The van der Waals surface area contributed by atoms with Gasteiger partial charge in [-0.15, -0.1) is 0 Å². The first-order valence-corrected chi connectivity index (χ1v) is 13.6. The summed E-state index contributed by atoms with van der Waals surface area (Å²) in [5.41, 5.74) is 6.87. The van der Waals surface area contributed by atoms with Crippen LogP contribution >= 0.6 is 0 Å². The van der Waals surface area contributed by atoms with Gasteiger partial charge >= 0.3 is 6.09 Å². The molecule has 0 bridgehead atoms. The molecule has 2 rings (SSSR count). The highest BCUT2D eigenvalue weighted by atomic mass is 16.6. The number of rotatable bonds is 14. The summed E-state index contributed by atoms with van der Waals surface area (Å²) in [7, 11) is 0. The van der Waals surface area contributed by atoms with Gasteiger partial charge in [-0.2, -0.15) is 0 Å². The molecule has 0 aliphatic heterocycles. The number of unbranched alkanes of at least 4 members (excludes halogenated alkanes) is 1. The third-order valence-electron chi connectivity index (χ3n) is 6.04. The molecule has 9 heteroatoms. The fraction of sp³-hybridized carbons (Fsp3) is 0.419. The molecule has 9 nitrogen and oxygen atoms in total. The van der Waals surface area contributed by atoms with Crippen molar-refractivity contribution in [2.24, 2.45) is 5.73 Å². The summed E-state index contributed by atoms with van der Waals surface area (Å²) in [6.45, 7) is 11.5. The molecular weight excluding hydrogens is 508 g/mol. The molecule has 0 saturated carbocycles. The van der Waals surface area contributed by atoms with Gasteiger partial charge in [-0.05, 0) is 56.4 Å². The number of nitrogens with two attached hydrogens (primary N) is 1. The summed E-state index contributed by atoms with van der Waals surface area (Å²) >= 11 is 0. The van der Waals surface area contributed by atoms with Gasteiger partial charge in [0.1, 0.15) is 17.7 Å². The van der Waals surface area contributed by atoms with E-state index in [9.17, 15) is 19.2 Å². The summed E-state index contributed by atoms with van der Waals surface area (Å²) in [5.74, 6) is -1.50. The molecule has 0 aliphatic carbocycles. The van der Waals surface area contributed by atoms with Crippen LogP contribution in [0.1, 0.15) is 76.1 Å². The van der Waals surface area contributed by atoms with Crippen LogP contribution in [0.4, 0.5) is 4.79 Å². The summed E-state index contributed by atoms with van der Waals surface area (Å²) in [4.78, 5) is 53.7. The number of nitrogens with one attached hydrogen (secondary N) is 2. The smallest absolute Gasteiger partial charge is 0.408 e. The zero-order valence-electron chi connectivity index (χ0n) is 23.9. The van der Waals surface area contributed by atoms with Gasteiger partial charge in [-0.1, -0.05) is 74.5 Å². The van der Waals surface area contributed by atoms with Crippen molar-refractivity contribution in [1.82, 2.24) is 15.5 Å². The van der Waals surface area contributed by atoms with Crippen molar-refractivity contribution < 1.29 is 23.9 Å². The van der Waals surface area contributed by atoms with Crippen LogP contribution in [0.3, 0.4) is 0 Å². The maximum absolute atomic E-state index is 14.1. The SMILES string of the molecule is C=Cc1cccc(C(C(=O)NCc2ccccc2)N(CCCC)C(=O)C(CCC(N)=O)NC(=O)OC(C)(C)C)c1. The lowest BCUT2D eigenvalue weighted by Crippen LogP contribution is -2.53. The van der Waals surface area contributed by atoms with E-state index in [2.05, 4.69) is 17.2 Å². The number of hydrogen-bond acceptors (Lipinski definition) is 5. The summed E-state index contributed by atoms with van der Waals surface area (Å²) in [6.07, 6.45) is 2.07. The molecule has 2 aromatic rings. The maximum atomic E-state index is 14.1. The lowest BCUT2D eigenvalue weighted by Gasteiger charge is -2.34. The Balaban J connectivity index is 2.50. The Kier molecular flexibility index (Phi) is 12.4. The zero-order chi connectivity index (χ0) is 29.7. The van der Waals surface area contributed by atoms with E-state index in [1.54, 1.807) is 39.0 Å². The maximum Gasteiger partial charge on any atom is 0.408 e. The highest BCUT2D eigenvalue weighted by Crippen LogP contribution is 2.25. The van der Waals surface area contributed by atoms with Gasteiger partial charge in [-0.25, -0.2) is 4.79 Å². The minimum absolute atomic E-state index is 0.0406. The van der Waals surface area contributed by atoms with Gasteiger partial charge in [-0.3, -0.25) is 14.4 Å². The van der Waals surface area contributed by atoms with E-state index in [4.69, 9.17) is 10.5 Å². The first kappa shape index (κ1) is 32.1. The first-order chi connectivity index (χ1) is 18.9. The molecule has 0 saturated heterocycles. The van der Waals surface area contributed by atoms with Crippen molar-refractivity contribution >= 4 is 29.9 Å². The average Bonchev–Trinajstić information content (AvgIpc) is 2.91. The van der Waals surface area contributed by atoms with Gasteiger partial charge in [0, 0.05) is 19.5 Å². The summed E-state index contributed by atoms with van der Waals surface area (Å²) in [5, 5.41) is 5.57. The van der Waals surface area contributed by atoms with E-state index < -0.39 is 35.6 Å². The van der Waals surface area contributed by atoms with Crippen LogP contribution in [0, 0.1) is 0 Å². The molecule has 4 N–H and O–H groups in total. The minimum atomic E-state index is -1.13. The van der Waals surface area contributed by atoms with Crippen LogP contribution in [-0.4, -0.2) is 46.9 Å². The predicted octanol–water partition coefficient (Wildman–Crippen LogP) is 4.47. The Morgan fingerprint density at radius 3 is 2.38 bits per heavy atom. The van der Waals surface area contributed by atoms with Crippen LogP contribution in [-0.2, 0) is 25.7 Å². The van der Waals surface area contributed by atoms with E-state index in [1.807, 2.05) is 49.4 Å². The van der Waals surface area contributed by atoms with Gasteiger partial charge in [0.15, 0.2) is 0 Å². The third-order valence-corrected chi connectivity index (χ3v) is 6.04. The van der Waals surface area contributed by atoms with Crippen LogP contribution in [0.25, 0.3) is 6.08 Å². The number of ether oxygens (including phenoxy) is 1. The largest absolute Gasteiger partial charge is 0.444 e. The molecule has 0 fully saturated rings. The Bertz CT molecular complexity index is 1160. The highest BCUT2D eigenvalue weighted by molar-refractivity contribution is 5.92. The van der Waals surface area contributed by atoms with Crippen molar-refractivity contribution in [2.45, 2.75) is 77.6 Å². The number of carbonyl (C=O) groups is 4. The fourth-order valence-electron chi connectivity index (χ4n) is 4.10. The molecule has 216 valence electrons. The van der Waals surface area contributed by atoms with E-state index in [-0.39, 0.29) is 31.8 Å². The van der Waals surface area contributed by atoms with Gasteiger partial charge in [0.05, 0.1) is 0 Å². The van der Waals surface area contributed by atoms with Crippen molar-refractivity contribution in [3.63, 3.8) is 0 Å². The predicted molar refractivity (Wildman–Crippen MR) is 156 cm³/mol. The molecule has 2 unspecified atom stereocenters. The minimum Gasteiger partial charge on any atom is -0.444 e. The Hall–Kier alpha value is -4.14. The monoisotopic (exact) mass is 550 g/mol. The van der Waals surface area contributed by atoms with Crippen LogP contribution in [0.15, 0.2) is 61.2 Å². The molecule has 4 amide bonds. The van der Waals surface area contributed by atoms with Crippen molar-refractivity contribution in [2.75, 3.05) is 6.54 Å². The van der Waals surface area contributed by atoms with Crippen LogP contribution < -0.4 is 16.4 Å². The zero-order valence-corrected chi connectivity index (χ0v) is 23.9. The Labute approximate surface area is 237 Å². The molecule has 40 heavy (non-hydrogen) atoms. The van der Waals surface area contributed by atoms with E-state index in [0.717, 1.165) is 17.5 Å².